The summed E-state index contributed by atoms with van der Waals surface area (Å²) in [5.74, 6) is -0.264. The molecular weight excluding hydrogens is 300 g/mol. The first-order valence-corrected chi connectivity index (χ1v) is 7.65. The molecule has 0 aliphatic rings. The van der Waals surface area contributed by atoms with Crippen molar-refractivity contribution >= 4 is 28.1 Å². The summed E-state index contributed by atoms with van der Waals surface area (Å²) in [4.78, 5) is 25.3. The summed E-state index contributed by atoms with van der Waals surface area (Å²) >= 11 is 1.59. The molecule has 3 rings (SSSR count). The Labute approximate surface area is 130 Å². The SMILES string of the molecule is Cc1ccsc1CNC(=O)Cn1nnc2ccccc2c1=O. The molecule has 0 bridgehead atoms. The Morgan fingerprint density at radius 1 is 1.32 bits per heavy atom. The molecular formula is C15H14N4O2S. The number of nitrogens with zero attached hydrogens (tertiary/aromatic N) is 3. The van der Waals surface area contributed by atoms with Crippen molar-refractivity contribution in [1.82, 2.24) is 20.3 Å². The Balaban J connectivity index is 1.73. The second kappa shape index (κ2) is 6.07. The first kappa shape index (κ1) is 14.4. The number of carbonyl (C=O) groups excluding carboxylic acids is 1. The van der Waals surface area contributed by atoms with E-state index in [0.29, 0.717) is 17.4 Å². The molecule has 0 saturated carbocycles. The molecule has 0 saturated heterocycles. The van der Waals surface area contributed by atoms with Gasteiger partial charge < -0.3 is 5.32 Å². The second-order valence-corrected chi connectivity index (χ2v) is 5.87. The maximum atomic E-state index is 12.2. The van der Waals surface area contributed by atoms with Crippen LogP contribution in [0.1, 0.15) is 10.4 Å². The molecule has 112 valence electrons. The van der Waals surface area contributed by atoms with Crippen molar-refractivity contribution in [2.45, 2.75) is 20.0 Å². The van der Waals surface area contributed by atoms with Gasteiger partial charge in [0.25, 0.3) is 5.56 Å². The van der Waals surface area contributed by atoms with Crippen LogP contribution in [0.15, 0.2) is 40.5 Å². The van der Waals surface area contributed by atoms with Gasteiger partial charge in [0.15, 0.2) is 0 Å². The van der Waals surface area contributed by atoms with Crippen molar-refractivity contribution in [2.75, 3.05) is 0 Å². The van der Waals surface area contributed by atoms with E-state index in [9.17, 15) is 9.59 Å². The maximum absolute atomic E-state index is 12.2. The lowest BCUT2D eigenvalue weighted by atomic mass is 10.2. The van der Waals surface area contributed by atoms with E-state index in [0.717, 1.165) is 15.1 Å². The topological polar surface area (TPSA) is 76.9 Å². The first-order valence-electron chi connectivity index (χ1n) is 6.77. The lowest BCUT2D eigenvalue weighted by Crippen LogP contribution is -2.33. The van der Waals surface area contributed by atoms with E-state index in [1.165, 1.54) is 0 Å². The fourth-order valence-corrected chi connectivity index (χ4v) is 2.93. The Hall–Kier alpha value is -2.54. The lowest BCUT2D eigenvalue weighted by Gasteiger charge is -2.06. The molecule has 3 aromatic rings. The predicted octanol–water partition coefficient (Wildman–Crippen LogP) is 1.48. The van der Waals surface area contributed by atoms with Crippen molar-refractivity contribution < 1.29 is 4.79 Å². The lowest BCUT2D eigenvalue weighted by molar-refractivity contribution is -0.122. The van der Waals surface area contributed by atoms with Crippen LogP contribution in [0.4, 0.5) is 0 Å². The largest absolute Gasteiger partial charge is 0.350 e. The van der Waals surface area contributed by atoms with Gasteiger partial charge in [0.05, 0.1) is 11.9 Å². The third-order valence-electron chi connectivity index (χ3n) is 3.34. The minimum atomic E-state index is -0.312. The highest BCUT2D eigenvalue weighted by Crippen LogP contribution is 2.14. The molecule has 0 radical (unpaired) electrons. The van der Waals surface area contributed by atoms with E-state index < -0.39 is 0 Å². The molecule has 6 nitrogen and oxygen atoms in total. The molecule has 1 amide bonds. The number of rotatable bonds is 4. The van der Waals surface area contributed by atoms with Gasteiger partial charge in [-0.15, -0.1) is 16.4 Å². The van der Waals surface area contributed by atoms with E-state index in [1.807, 2.05) is 18.4 Å². The smallest absolute Gasteiger partial charge is 0.278 e. The number of aromatic nitrogens is 3. The number of carbonyl (C=O) groups is 1. The van der Waals surface area contributed by atoms with Crippen LogP contribution in [-0.4, -0.2) is 20.9 Å². The summed E-state index contributed by atoms with van der Waals surface area (Å²) in [5, 5.41) is 13.0. The molecule has 0 spiro atoms. The van der Waals surface area contributed by atoms with Crippen molar-refractivity contribution in [3.05, 3.63) is 56.5 Å². The fourth-order valence-electron chi connectivity index (χ4n) is 2.08. The third kappa shape index (κ3) is 2.89. The quantitative estimate of drug-likeness (QED) is 0.791. The zero-order chi connectivity index (χ0) is 15.5. The van der Waals surface area contributed by atoms with Gasteiger partial charge in [0, 0.05) is 4.88 Å². The number of benzene rings is 1. The van der Waals surface area contributed by atoms with Gasteiger partial charge >= 0.3 is 0 Å². The predicted molar refractivity (Wildman–Crippen MR) is 84.7 cm³/mol. The molecule has 7 heteroatoms. The molecule has 0 unspecified atom stereocenters. The summed E-state index contributed by atoms with van der Waals surface area (Å²) in [6, 6.07) is 8.95. The van der Waals surface area contributed by atoms with E-state index in [1.54, 1.807) is 35.6 Å². The number of aryl methyl sites for hydroxylation is 1. The van der Waals surface area contributed by atoms with Gasteiger partial charge in [-0.25, -0.2) is 4.68 Å². The number of fused-ring (bicyclic) bond motifs is 1. The number of amides is 1. The fraction of sp³-hybridized carbons (Fsp3) is 0.200. The van der Waals surface area contributed by atoms with Crippen LogP contribution in [0.3, 0.4) is 0 Å². The number of hydrogen-bond donors (Lipinski definition) is 1. The van der Waals surface area contributed by atoms with Crippen LogP contribution < -0.4 is 10.9 Å². The van der Waals surface area contributed by atoms with Gasteiger partial charge in [0.2, 0.25) is 5.91 Å². The van der Waals surface area contributed by atoms with Crippen LogP contribution in [0.5, 0.6) is 0 Å². The highest BCUT2D eigenvalue weighted by molar-refractivity contribution is 7.10. The summed E-state index contributed by atoms with van der Waals surface area (Å²) in [6.45, 7) is 2.32. The van der Waals surface area contributed by atoms with Crippen molar-refractivity contribution in [3.8, 4) is 0 Å². The van der Waals surface area contributed by atoms with E-state index in [4.69, 9.17) is 0 Å². The van der Waals surface area contributed by atoms with Crippen molar-refractivity contribution in [2.24, 2.45) is 0 Å². The summed E-state index contributed by atoms with van der Waals surface area (Å²) < 4.78 is 1.08. The minimum Gasteiger partial charge on any atom is -0.350 e. The number of thiophene rings is 1. The Bertz CT molecular complexity index is 884. The zero-order valence-corrected chi connectivity index (χ0v) is 12.8. The standard InChI is InChI=1S/C15H14N4O2S/c1-10-6-7-22-13(10)8-16-14(20)9-19-15(21)11-4-2-3-5-12(11)17-18-19/h2-7H,8-9H2,1H3,(H,16,20). The first-order chi connectivity index (χ1) is 10.6. The highest BCUT2D eigenvalue weighted by Gasteiger charge is 2.09. The monoisotopic (exact) mass is 314 g/mol. The second-order valence-electron chi connectivity index (χ2n) is 4.87. The molecule has 1 aromatic carbocycles. The Morgan fingerprint density at radius 3 is 2.91 bits per heavy atom. The molecule has 22 heavy (non-hydrogen) atoms. The Kier molecular flexibility index (Phi) is 3.97. The van der Waals surface area contributed by atoms with Gasteiger partial charge in [-0.2, -0.15) is 0 Å². The summed E-state index contributed by atoms with van der Waals surface area (Å²) in [5.41, 5.74) is 1.36. The molecule has 2 heterocycles. The van der Waals surface area contributed by atoms with Crippen molar-refractivity contribution in [1.29, 1.82) is 0 Å². The van der Waals surface area contributed by atoms with Gasteiger partial charge in [-0.05, 0) is 36.1 Å². The Morgan fingerprint density at radius 2 is 2.14 bits per heavy atom. The molecule has 0 aliphatic carbocycles. The normalized spacial score (nSPS) is 10.8. The molecule has 0 atom stereocenters. The van der Waals surface area contributed by atoms with Crippen LogP contribution in [0.25, 0.3) is 10.9 Å². The summed E-state index contributed by atoms with van der Waals surface area (Å²) in [6.07, 6.45) is 0. The minimum absolute atomic E-state index is 0.138. The molecule has 0 aliphatic heterocycles. The van der Waals surface area contributed by atoms with E-state index in [2.05, 4.69) is 15.6 Å². The molecule has 1 N–H and O–H groups in total. The maximum Gasteiger partial charge on any atom is 0.278 e. The van der Waals surface area contributed by atoms with E-state index >= 15 is 0 Å². The average Bonchev–Trinajstić information content (AvgIpc) is 2.93. The number of nitrogens with one attached hydrogen (secondary N) is 1. The molecule has 0 fully saturated rings. The summed E-state index contributed by atoms with van der Waals surface area (Å²) in [7, 11) is 0. The highest BCUT2D eigenvalue weighted by atomic mass is 32.1. The third-order valence-corrected chi connectivity index (χ3v) is 4.36. The van der Waals surface area contributed by atoms with Gasteiger partial charge in [0.1, 0.15) is 12.1 Å². The van der Waals surface area contributed by atoms with E-state index in [-0.39, 0.29) is 18.0 Å². The number of hydrogen-bond acceptors (Lipinski definition) is 5. The van der Waals surface area contributed by atoms with Crippen LogP contribution in [-0.2, 0) is 17.9 Å². The molecule has 2 aromatic heterocycles. The zero-order valence-electron chi connectivity index (χ0n) is 11.9. The van der Waals surface area contributed by atoms with Gasteiger partial charge in [-0.3, -0.25) is 9.59 Å². The average molecular weight is 314 g/mol. The van der Waals surface area contributed by atoms with Crippen LogP contribution >= 0.6 is 11.3 Å². The van der Waals surface area contributed by atoms with Crippen molar-refractivity contribution in [3.63, 3.8) is 0 Å². The van der Waals surface area contributed by atoms with Crippen LogP contribution in [0.2, 0.25) is 0 Å². The van der Waals surface area contributed by atoms with Crippen LogP contribution in [0, 0.1) is 6.92 Å². The van der Waals surface area contributed by atoms with Gasteiger partial charge in [-0.1, -0.05) is 17.3 Å².